The van der Waals surface area contributed by atoms with E-state index in [2.05, 4.69) is 38.7 Å². The van der Waals surface area contributed by atoms with Crippen molar-refractivity contribution in [2.24, 2.45) is 5.92 Å². The second-order valence-electron chi connectivity index (χ2n) is 7.11. The number of benzene rings is 2. The van der Waals surface area contributed by atoms with Crippen LogP contribution < -0.4 is 10.1 Å². The first-order valence-electron chi connectivity index (χ1n) is 9.68. The second-order valence-corrected chi connectivity index (χ2v) is 7.98. The molecule has 150 valence electrons. The fourth-order valence-corrected chi connectivity index (χ4v) is 3.58. The van der Waals surface area contributed by atoms with Crippen molar-refractivity contribution in [3.63, 3.8) is 0 Å². The van der Waals surface area contributed by atoms with Crippen LogP contribution in [0.1, 0.15) is 24.8 Å². The van der Waals surface area contributed by atoms with Crippen LogP contribution in [-0.2, 0) is 5.75 Å². The smallest absolute Gasteiger partial charge is 0.230 e. The minimum atomic E-state index is -0.340. The first-order valence-corrected chi connectivity index (χ1v) is 11.1. The van der Waals surface area contributed by atoms with Crippen molar-refractivity contribution in [3.05, 3.63) is 60.2 Å². The zero-order valence-electron chi connectivity index (χ0n) is 16.3. The molecule has 1 aliphatic rings. The molecule has 3 aromatic rings. The lowest BCUT2D eigenvalue weighted by molar-refractivity contribution is 0.302. The summed E-state index contributed by atoms with van der Waals surface area (Å²) in [5.41, 5.74) is 2.79. The van der Waals surface area contributed by atoms with Crippen molar-refractivity contribution in [2.75, 3.05) is 18.2 Å². The maximum atomic E-state index is 13.8. The Morgan fingerprint density at radius 3 is 2.90 bits per heavy atom. The number of aromatic nitrogens is 3. The first kappa shape index (κ1) is 19.6. The molecule has 1 aromatic heterocycles. The largest absolute Gasteiger partial charge is 0.493 e. The van der Waals surface area contributed by atoms with Gasteiger partial charge in [-0.1, -0.05) is 25.0 Å². The van der Waals surface area contributed by atoms with Gasteiger partial charge in [-0.2, -0.15) is 16.7 Å². The third kappa shape index (κ3) is 5.44. The lowest BCUT2D eigenvalue weighted by atomic mass is 10.2. The zero-order valence-corrected chi connectivity index (χ0v) is 17.1. The first-order chi connectivity index (χ1) is 14.2. The van der Waals surface area contributed by atoms with Gasteiger partial charge in [-0.25, -0.2) is 14.4 Å². The Morgan fingerprint density at radius 1 is 1.17 bits per heavy atom. The van der Waals surface area contributed by atoms with Crippen LogP contribution in [0.2, 0.25) is 0 Å². The van der Waals surface area contributed by atoms with Crippen LogP contribution in [0.15, 0.2) is 48.8 Å². The van der Waals surface area contributed by atoms with Crippen LogP contribution in [0.3, 0.4) is 0 Å². The van der Waals surface area contributed by atoms with Crippen LogP contribution in [0.25, 0.3) is 11.4 Å². The second kappa shape index (κ2) is 9.22. The van der Waals surface area contributed by atoms with Gasteiger partial charge in [0.05, 0.1) is 12.2 Å². The van der Waals surface area contributed by atoms with Gasteiger partial charge in [-0.05, 0) is 48.4 Å². The molecule has 5 nitrogen and oxygen atoms in total. The van der Waals surface area contributed by atoms with E-state index in [4.69, 9.17) is 4.74 Å². The summed E-state index contributed by atoms with van der Waals surface area (Å²) in [5.74, 6) is 2.70. The highest BCUT2D eigenvalue weighted by Gasteiger charge is 2.21. The van der Waals surface area contributed by atoms with E-state index >= 15 is 0 Å². The van der Waals surface area contributed by atoms with Crippen molar-refractivity contribution in [1.29, 1.82) is 0 Å². The highest BCUT2D eigenvalue weighted by molar-refractivity contribution is 7.97. The van der Waals surface area contributed by atoms with E-state index in [1.165, 1.54) is 36.9 Å². The summed E-state index contributed by atoms with van der Waals surface area (Å²) >= 11 is 1.77. The van der Waals surface area contributed by atoms with Gasteiger partial charge < -0.3 is 10.1 Å². The summed E-state index contributed by atoms with van der Waals surface area (Å²) in [5, 5.41) is 3.22. The summed E-state index contributed by atoms with van der Waals surface area (Å²) in [6.45, 7) is 0.569. The van der Waals surface area contributed by atoms with Gasteiger partial charge in [0, 0.05) is 17.5 Å². The van der Waals surface area contributed by atoms with E-state index in [9.17, 15) is 4.39 Å². The molecule has 0 radical (unpaired) electrons. The SMILES string of the molecule is CSCc1cccc(Nc2ncnc(-c3ccc(F)cc3OCCC3CC3)n2)c1. The highest BCUT2D eigenvalue weighted by atomic mass is 32.2. The van der Waals surface area contributed by atoms with Gasteiger partial charge in [0.15, 0.2) is 5.82 Å². The molecule has 0 amide bonds. The van der Waals surface area contributed by atoms with Crippen LogP contribution in [-0.4, -0.2) is 27.8 Å². The maximum Gasteiger partial charge on any atom is 0.230 e. The molecule has 0 saturated heterocycles. The number of hydrogen-bond acceptors (Lipinski definition) is 6. The number of anilines is 2. The number of nitrogens with zero attached hydrogens (tertiary/aromatic N) is 3. The predicted molar refractivity (Wildman–Crippen MR) is 115 cm³/mol. The predicted octanol–water partition coefficient (Wildman–Crippen LogP) is 5.46. The van der Waals surface area contributed by atoms with Crippen LogP contribution >= 0.6 is 11.8 Å². The lowest BCUT2D eigenvalue weighted by Gasteiger charge is -2.12. The molecule has 0 spiro atoms. The highest BCUT2D eigenvalue weighted by Crippen LogP contribution is 2.34. The summed E-state index contributed by atoms with van der Waals surface area (Å²) in [6, 6.07) is 12.6. The van der Waals surface area contributed by atoms with E-state index in [0.29, 0.717) is 29.7 Å². The third-order valence-corrected chi connectivity index (χ3v) is 5.35. The standard InChI is InChI=1S/C22H23FN4OS/c1-29-13-16-3-2-4-18(11-16)26-22-25-14-24-21(27-22)19-8-7-17(23)12-20(19)28-10-9-15-5-6-15/h2-4,7-8,11-12,14-15H,5-6,9-10,13H2,1H3,(H,24,25,26,27). The average Bonchev–Trinajstić information content (AvgIpc) is 3.53. The summed E-state index contributed by atoms with van der Waals surface area (Å²) in [4.78, 5) is 13.0. The Kier molecular flexibility index (Phi) is 6.24. The summed E-state index contributed by atoms with van der Waals surface area (Å²) < 4.78 is 19.6. The molecule has 1 saturated carbocycles. The van der Waals surface area contributed by atoms with E-state index in [1.807, 2.05) is 12.1 Å². The van der Waals surface area contributed by atoms with Crippen molar-refractivity contribution in [3.8, 4) is 17.1 Å². The number of hydrogen-bond donors (Lipinski definition) is 1. The minimum absolute atomic E-state index is 0.340. The fourth-order valence-electron chi connectivity index (χ4n) is 3.06. The number of halogens is 1. The van der Waals surface area contributed by atoms with Gasteiger partial charge >= 0.3 is 0 Å². The molecule has 1 aliphatic carbocycles. The fraction of sp³-hybridized carbons (Fsp3) is 0.318. The van der Waals surface area contributed by atoms with Crippen molar-refractivity contribution in [1.82, 2.24) is 15.0 Å². The number of rotatable bonds is 9. The zero-order chi connectivity index (χ0) is 20.1. The molecule has 4 rings (SSSR count). The molecule has 0 unspecified atom stereocenters. The Bertz CT molecular complexity index is 981. The number of ether oxygens (including phenoxy) is 1. The topological polar surface area (TPSA) is 59.9 Å². The van der Waals surface area contributed by atoms with Crippen molar-refractivity contribution >= 4 is 23.4 Å². The quantitative estimate of drug-likeness (QED) is 0.505. The lowest BCUT2D eigenvalue weighted by Crippen LogP contribution is -2.03. The molecule has 1 fully saturated rings. The molecule has 0 bridgehead atoms. The minimum Gasteiger partial charge on any atom is -0.493 e. The van der Waals surface area contributed by atoms with Gasteiger partial charge in [-0.3, -0.25) is 0 Å². The maximum absolute atomic E-state index is 13.8. The molecule has 0 aliphatic heterocycles. The average molecular weight is 411 g/mol. The Balaban J connectivity index is 1.54. The molecular formula is C22H23FN4OS. The Morgan fingerprint density at radius 2 is 2.07 bits per heavy atom. The van der Waals surface area contributed by atoms with Crippen molar-refractivity contribution < 1.29 is 9.13 Å². The van der Waals surface area contributed by atoms with Gasteiger partial charge in [-0.15, -0.1) is 0 Å². The summed E-state index contributed by atoms with van der Waals surface area (Å²) in [6.07, 6.45) is 7.05. The van der Waals surface area contributed by atoms with Crippen molar-refractivity contribution in [2.45, 2.75) is 25.0 Å². The van der Waals surface area contributed by atoms with E-state index in [0.717, 1.165) is 23.8 Å². The van der Waals surface area contributed by atoms with Crippen LogP contribution in [0.5, 0.6) is 5.75 Å². The van der Waals surface area contributed by atoms with Gasteiger partial charge in [0.2, 0.25) is 5.95 Å². The van der Waals surface area contributed by atoms with Crippen LogP contribution in [0, 0.1) is 11.7 Å². The Labute approximate surface area is 174 Å². The molecule has 1 heterocycles. The third-order valence-electron chi connectivity index (χ3n) is 4.73. The van der Waals surface area contributed by atoms with E-state index < -0.39 is 0 Å². The molecule has 29 heavy (non-hydrogen) atoms. The monoisotopic (exact) mass is 410 g/mol. The molecular weight excluding hydrogens is 387 g/mol. The Hall–Kier alpha value is -2.67. The number of thioether (sulfide) groups is 1. The molecule has 7 heteroatoms. The summed E-state index contributed by atoms with van der Waals surface area (Å²) in [7, 11) is 0. The molecule has 1 N–H and O–H groups in total. The number of nitrogens with one attached hydrogen (secondary N) is 1. The van der Waals surface area contributed by atoms with Gasteiger partial charge in [0.1, 0.15) is 17.9 Å². The molecule has 0 atom stereocenters. The van der Waals surface area contributed by atoms with E-state index in [1.54, 1.807) is 17.8 Å². The van der Waals surface area contributed by atoms with E-state index in [-0.39, 0.29) is 5.82 Å². The molecule has 2 aromatic carbocycles. The van der Waals surface area contributed by atoms with Crippen LogP contribution in [0.4, 0.5) is 16.0 Å². The van der Waals surface area contributed by atoms with Gasteiger partial charge in [0.25, 0.3) is 0 Å². The normalized spacial score (nSPS) is 13.3.